The van der Waals surface area contributed by atoms with Crippen molar-refractivity contribution in [1.29, 1.82) is 0 Å². The number of carbonyl (C=O) groups is 1. The minimum atomic E-state index is -3.66. The molecule has 2 fully saturated rings. The van der Waals surface area contributed by atoms with Gasteiger partial charge in [-0.25, -0.2) is 17.6 Å². The van der Waals surface area contributed by atoms with Crippen molar-refractivity contribution >= 4 is 21.8 Å². The molecule has 0 saturated carbocycles. The smallest absolute Gasteiger partial charge is 0.282 e. The van der Waals surface area contributed by atoms with E-state index in [0.29, 0.717) is 44.7 Å². The fraction of sp³-hybridized carbons (Fsp3) is 0.400. The molecule has 3 heterocycles. The lowest BCUT2D eigenvalue weighted by atomic mass is 9.88. The van der Waals surface area contributed by atoms with Crippen LogP contribution in [0.2, 0.25) is 0 Å². The summed E-state index contributed by atoms with van der Waals surface area (Å²) in [6, 6.07) is 7.78. The van der Waals surface area contributed by atoms with Crippen LogP contribution in [-0.2, 0) is 21.4 Å². The zero-order valence-corrected chi connectivity index (χ0v) is 24.2. The van der Waals surface area contributed by atoms with E-state index in [2.05, 4.69) is 15.6 Å². The SMILES string of the molecule is O=C(C[C@@H](c1ccc(F)cc1)c1cc(F)cc(F)c1)Nc1cncc(F)c1CC[C@H]1CNCCN1S(=O)(=O)N1CCCC1. The van der Waals surface area contributed by atoms with Gasteiger partial charge in [-0.05, 0) is 61.1 Å². The number of anilines is 1. The summed E-state index contributed by atoms with van der Waals surface area (Å²) in [7, 11) is -3.66. The zero-order chi connectivity index (χ0) is 30.6. The summed E-state index contributed by atoms with van der Waals surface area (Å²) in [6.45, 7) is 2.19. The Bertz CT molecular complexity index is 1530. The van der Waals surface area contributed by atoms with Crippen LogP contribution in [0.4, 0.5) is 23.2 Å². The minimum absolute atomic E-state index is 0.117. The standard InChI is InChI=1S/C30H33F4N5O3S/c31-22-5-3-20(4-6-22)27(21-13-23(32)15-24(33)14-21)16-30(40)37-29-19-36-18-28(34)26(29)8-7-25-17-35-9-12-39(25)43(41,42)38-10-1-2-11-38/h3-6,13-15,18-19,25,27,35H,1-2,7-12,16-17H2,(H,37,40)/t25-,27-/m0/s1. The first-order chi connectivity index (χ1) is 20.6. The van der Waals surface area contributed by atoms with Crippen LogP contribution in [0.25, 0.3) is 0 Å². The monoisotopic (exact) mass is 619 g/mol. The Kier molecular flexibility index (Phi) is 9.75. The molecule has 2 N–H and O–H groups in total. The topological polar surface area (TPSA) is 94.6 Å². The van der Waals surface area contributed by atoms with E-state index < -0.39 is 51.3 Å². The predicted octanol–water partition coefficient (Wildman–Crippen LogP) is 4.35. The molecule has 8 nitrogen and oxygen atoms in total. The van der Waals surface area contributed by atoms with Crippen LogP contribution in [0.15, 0.2) is 54.9 Å². The van der Waals surface area contributed by atoms with Crippen molar-refractivity contribution in [2.75, 3.05) is 38.0 Å². The van der Waals surface area contributed by atoms with Crippen molar-refractivity contribution in [2.45, 2.75) is 44.1 Å². The molecule has 43 heavy (non-hydrogen) atoms. The van der Waals surface area contributed by atoms with Gasteiger partial charge in [-0.2, -0.15) is 17.0 Å². The van der Waals surface area contributed by atoms with Crippen molar-refractivity contribution in [3.8, 4) is 0 Å². The van der Waals surface area contributed by atoms with Gasteiger partial charge >= 0.3 is 0 Å². The lowest BCUT2D eigenvalue weighted by Crippen LogP contribution is -2.57. The van der Waals surface area contributed by atoms with Gasteiger partial charge in [0.15, 0.2) is 0 Å². The largest absolute Gasteiger partial charge is 0.324 e. The highest BCUT2D eigenvalue weighted by Crippen LogP contribution is 2.31. The Hall–Kier alpha value is -3.39. The molecule has 1 amide bonds. The van der Waals surface area contributed by atoms with Crippen molar-refractivity contribution < 1.29 is 30.8 Å². The number of rotatable bonds is 10. The summed E-state index contributed by atoms with van der Waals surface area (Å²) in [4.78, 5) is 17.2. The fourth-order valence-electron chi connectivity index (χ4n) is 5.78. The number of pyridine rings is 1. The van der Waals surface area contributed by atoms with E-state index in [1.165, 1.54) is 39.1 Å². The quantitative estimate of drug-likeness (QED) is 0.330. The van der Waals surface area contributed by atoms with Gasteiger partial charge in [0.2, 0.25) is 5.91 Å². The fourth-order valence-corrected chi connectivity index (χ4v) is 7.67. The van der Waals surface area contributed by atoms with Crippen LogP contribution in [0.1, 0.15) is 48.3 Å². The van der Waals surface area contributed by atoms with Gasteiger partial charge in [0.25, 0.3) is 10.2 Å². The van der Waals surface area contributed by atoms with E-state index in [-0.39, 0.29) is 29.7 Å². The molecule has 1 aromatic heterocycles. The molecule has 5 rings (SSSR count). The summed E-state index contributed by atoms with van der Waals surface area (Å²) in [5.74, 6) is -4.21. The van der Waals surface area contributed by atoms with Crippen LogP contribution in [0, 0.1) is 23.3 Å². The lowest BCUT2D eigenvalue weighted by molar-refractivity contribution is -0.116. The van der Waals surface area contributed by atoms with Gasteiger partial charge in [0.05, 0.1) is 18.1 Å². The molecule has 0 aliphatic carbocycles. The van der Waals surface area contributed by atoms with E-state index >= 15 is 4.39 Å². The summed E-state index contributed by atoms with van der Waals surface area (Å²) in [5, 5.41) is 5.89. The molecule has 2 aromatic carbocycles. The number of nitrogens with one attached hydrogen (secondary N) is 2. The van der Waals surface area contributed by atoms with Gasteiger partial charge in [-0.1, -0.05) is 12.1 Å². The van der Waals surface area contributed by atoms with Crippen molar-refractivity contribution in [3.05, 3.63) is 94.8 Å². The molecule has 2 aliphatic heterocycles. The highest BCUT2D eigenvalue weighted by atomic mass is 32.2. The molecule has 0 unspecified atom stereocenters. The van der Waals surface area contributed by atoms with E-state index in [0.717, 1.165) is 37.2 Å². The predicted molar refractivity (Wildman–Crippen MR) is 153 cm³/mol. The van der Waals surface area contributed by atoms with Crippen LogP contribution in [0.5, 0.6) is 0 Å². The van der Waals surface area contributed by atoms with Crippen molar-refractivity contribution in [1.82, 2.24) is 18.9 Å². The molecule has 2 saturated heterocycles. The number of aromatic nitrogens is 1. The van der Waals surface area contributed by atoms with Crippen LogP contribution in [-0.4, -0.2) is 66.7 Å². The second kappa shape index (κ2) is 13.5. The Balaban J connectivity index is 1.33. The average molecular weight is 620 g/mol. The normalized spacial score (nSPS) is 18.9. The Morgan fingerprint density at radius 3 is 2.35 bits per heavy atom. The molecule has 230 valence electrons. The number of piperazine rings is 1. The molecule has 2 aliphatic rings. The van der Waals surface area contributed by atoms with Crippen LogP contribution < -0.4 is 10.6 Å². The molecule has 13 heteroatoms. The number of carbonyl (C=O) groups excluding carboxylic acids is 1. The number of amides is 1. The molecule has 3 aromatic rings. The van der Waals surface area contributed by atoms with Crippen molar-refractivity contribution in [3.63, 3.8) is 0 Å². The highest BCUT2D eigenvalue weighted by molar-refractivity contribution is 7.86. The van der Waals surface area contributed by atoms with Crippen LogP contribution >= 0.6 is 0 Å². The van der Waals surface area contributed by atoms with Gasteiger partial charge in [0, 0.05) is 62.7 Å². The van der Waals surface area contributed by atoms with Crippen LogP contribution in [0.3, 0.4) is 0 Å². The first-order valence-electron chi connectivity index (χ1n) is 14.2. The number of halogens is 4. The molecule has 2 atom stereocenters. The second-order valence-electron chi connectivity index (χ2n) is 10.8. The molecular formula is C30H33F4N5O3S. The second-order valence-corrected chi connectivity index (χ2v) is 12.7. The maximum atomic E-state index is 15.1. The minimum Gasteiger partial charge on any atom is -0.324 e. The van der Waals surface area contributed by atoms with Gasteiger partial charge in [-0.15, -0.1) is 0 Å². The van der Waals surface area contributed by atoms with E-state index in [1.807, 2.05) is 0 Å². The van der Waals surface area contributed by atoms with Gasteiger partial charge < -0.3 is 10.6 Å². The first kappa shape index (κ1) is 31.0. The lowest BCUT2D eigenvalue weighted by Gasteiger charge is -2.37. The zero-order valence-electron chi connectivity index (χ0n) is 23.4. The summed E-state index contributed by atoms with van der Waals surface area (Å²) >= 11 is 0. The van der Waals surface area contributed by atoms with E-state index in [4.69, 9.17) is 0 Å². The third-order valence-electron chi connectivity index (χ3n) is 7.94. The highest BCUT2D eigenvalue weighted by Gasteiger charge is 2.37. The summed E-state index contributed by atoms with van der Waals surface area (Å²) in [6.07, 6.45) is 4.11. The third kappa shape index (κ3) is 7.40. The first-order valence-corrected chi connectivity index (χ1v) is 15.6. The van der Waals surface area contributed by atoms with Gasteiger partial charge in [-0.3, -0.25) is 9.78 Å². The number of nitrogens with zero attached hydrogens (tertiary/aromatic N) is 3. The van der Waals surface area contributed by atoms with E-state index in [1.54, 1.807) is 0 Å². The molecular weight excluding hydrogens is 586 g/mol. The summed E-state index contributed by atoms with van der Waals surface area (Å²) in [5.41, 5.74) is 0.928. The maximum absolute atomic E-state index is 15.1. The Morgan fingerprint density at radius 1 is 0.953 bits per heavy atom. The summed E-state index contributed by atoms with van der Waals surface area (Å²) < 4.78 is 86.4. The number of benzene rings is 2. The maximum Gasteiger partial charge on any atom is 0.282 e. The number of hydrogen-bond acceptors (Lipinski definition) is 5. The Labute approximate surface area is 248 Å². The number of hydrogen-bond donors (Lipinski definition) is 2. The molecule has 0 bridgehead atoms. The molecule has 0 radical (unpaired) electrons. The average Bonchev–Trinajstić information content (AvgIpc) is 3.52. The third-order valence-corrected chi connectivity index (χ3v) is 10.0. The van der Waals surface area contributed by atoms with Gasteiger partial charge in [0.1, 0.15) is 23.3 Å². The van der Waals surface area contributed by atoms with E-state index in [9.17, 15) is 26.4 Å². The Morgan fingerprint density at radius 2 is 1.65 bits per heavy atom. The van der Waals surface area contributed by atoms with Crippen molar-refractivity contribution in [2.24, 2.45) is 0 Å². The molecule has 0 spiro atoms.